The van der Waals surface area contributed by atoms with Crippen LogP contribution in [-0.4, -0.2) is 40.5 Å². The Kier molecular flexibility index (Phi) is 11.8. The number of carbonyl (C=O) groups excluding carboxylic acids is 1. The van der Waals surface area contributed by atoms with Gasteiger partial charge in [0.25, 0.3) is 0 Å². The van der Waals surface area contributed by atoms with E-state index in [9.17, 15) is 14.9 Å². The number of rotatable bonds is 11. The number of nitrogens with zero attached hydrogens (tertiary/aromatic N) is 1. The number of ether oxygens (including phenoxy) is 3. The molecule has 0 spiro atoms. The third kappa shape index (κ3) is 8.42. The molecule has 1 atom stereocenters. The SMILES string of the molecule is COc1ccc(Cc2ccc(OC[C@@]3(C=O)CCCc4cc(Cl)ccc43)c([N+](=O)[O-])c2Cc2ccc(OC)cc2)cc1.N[SH](=O)=O. The van der Waals surface area contributed by atoms with Gasteiger partial charge in [0.2, 0.25) is 0 Å². The number of aldehydes is 1. The average molecular weight is 667 g/mol. The number of nitro benzene ring substituents is 1. The largest absolute Gasteiger partial charge is 0.497 e. The first-order chi connectivity index (χ1) is 22.1. The van der Waals surface area contributed by atoms with E-state index in [1.165, 1.54) is 0 Å². The van der Waals surface area contributed by atoms with E-state index in [4.69, 9.17) is 34.2 Å². The Bertz CT molecular complexity index is 1750. The van der Waals surface area contributed by atoms with Gasteiger partial charge in [-0.05, 0) is 96.0 Å². The van der Waals surface area contributed by atoms with Gasteiger partial charge in [-0.3, -0.25) is 10.1 Å². The predicted octanol–water partition coefficient (Wildman–Crippen LogP) is 5.77. The second-order valence-corrected chi connectivity index (χ2v) is 11.9. The summed E-state index contributed by atoms with van der Waals surface area (Å²) in [7, 11) is 0.587. The number of thiol groups is 1. The van der Waals surface area contributed by atoms with Crippen molar-refractivity contribution in [3.05, 3.63) is 127 Å². The monoisotopic (exact) mass is 666 g/mol. The first-order valence-electron chi connectivity index (χ1n) is 14.4. The summed E-state index contributed by atoms with van der Waals surface area (Å²) in [6, 6.07) is 24.2. The van der Waals surface area contributed by atoms with Crippen LogP contribution in [0.5, 0.6) is 17.2 Å². The van der Waals surface area contributed by atoms with Crippen LogP contribution in [0.15, 0.2) is 78.9 Å². The minimum Gasteiger partial charge on any atom is -0.497 e. The fraction of sp³-hybridized carbons (Fsp3) is 0.265. The van der Waals surface area contributed by atoms with Crippen molar-refractivity contribution in [3.8, 4) is 17.2 Å². The minimum absolute atomic E-state index is 0.00816. The van der Waals surface area contributed by atoms with Gasteiger partial charge in [0.05, 0.1) is 24.6 Å². The van der Waals surface area contributed by atoms with Crippen LogP contribution in [0.4, 0.5) is 5.69 Å². The van der Waals surface area contributed by atoms with Gasteiger partial charge in [0, 0.05) is 17.0 Å². The van der Waals surface area contributed by atoms with Crippen molar-refractivity contribution in [3.63, 3.8) is 0 Å². The molecule has 4 aromatic rings. The number of methoxy groups -OCH3 is 2. The molecular weight excluding hydrogens is 632 g/mol. The van der Waals surface area contributed by atoms with Crippen LogP contribution in [0.1, 0.15) is 46.2 Å². The molecule has 10 nitrogen and oxygen atoms in total. The van der Waals surface area contributed by atoms with Crippen LogP contribution in [0.2, 0.25) is 5.02 Å². The maximum Gasteiger partial charge on any atom is 0.314 e. The first-order valence-corrected chi connectivity index (χ1v) is 16.0. The van der Waals surface area contributed by atoms with Gasteiger partial charge >= 0.3 is 5.69 Å². The quantitative estimate of drug-likeness (QED) is 0.0887. The molecule has 0 saturated carbocycles. The zero-order chi connectivity index (χ0) is 33.3. The molecule has 0 amide bonds. The van der Waals surface area contributed by atoms with Crippen LogP contribution >= 0.6 is 11.6 Å². The van der Waals surface area contributed by atoms with Crippen molar-refractivity contribution in [1.82, 2.24) is 0 Å². The lowest BCUT2D eigenvalue weighted by Gasteiger charge is -2.34. The Labute approximate surface area is 274 Å². The molecule has 4 aromatic carbocycles. The second kappa shape index (κ2) is 15.7. The molecule has 0 unspecified atom stereocenters. The topological polar surface area (TPSA) is 148 Å². The lowest BCUT2D eigenvalue weighted by atomic mass is 9.71. The molecule has 0 heterocycles. The van der Waals surface area contributed by atoms with Crippen LogP contribution < -0.4 is 19.3 Å². The first kappa shape index (κ1) is 34.4. The highest BCUT2D eigenvalue weighted by atomic mass is 35.5. The Morgan fingerprint density at radius 1 is 0.935 bits per heavy atom. The number of halogens is 1. The predicted molar refractivity (Wildman–Crippen MR) is 177 cm³/mol. The molecule has 2 N–H and O–H groups in total. The molecule has 12 heteroatoms. The molecule has 242 valence electrons. The van der Waals surface area contributed by atoms with E-state index in [1.54, 1.807) is 26.4 Å². The van der Waals surface area contributed by atoms with E-state index in [2.05, 4.69) is 5.14 Å². The van der Waals surface area contributed by atoms with Crippen molar-refractivity contribution in [2.45, 2.75) is 37.5 Å². The van der Waals surface area contributed by atoms with Gasteiger partial charge in [0.15, 0.2) is 16.6 Å². The zero-order valence-electron chi connectivity index (χ0n) is 25.4. The smallest absolute Gasteiger partial charge is 0.314 e. The maximum absolute atomic E-state index is 12.7. The Balaban J connectivity index is 0.00000113. The van der Waals surface area contributed by atoms with Crippen molar-refractivity contribution in [2.75, 3.05) is 20.8 Å². The number of benzene rings is 4. The lowest BCUT2D eigenvalue weighted by molar-refractivity contribution is -0.386. The number of nitrogens with two attached hydrogens (primary N) is 1. The van der Waals surface area contributed by atoms with E-state index in [1.807, 2.05) is 66.7 Å². The Morgan fingerprint density at radius 3 is 2.07 bits per heavy atom. The highest BCUT2D eigenvalue weighted by molar-refractivity contribution is 7.69. The zero-order valence-corrected chi connectivity index (χ0v) is 27.1. The summed E-state index contributed by atoms with van der Waals surface area (Å²) in [6.45, 7) is -0.00816. The average Bonchev–Trinajstić information content (AvgIpc) is 3.04. The van der Waals surface area contributed by atoms with Crippen LogP contribution in [0.25, 0.3) is 0 Å². The van der Waals surface area contributed by atoms with E-state index < -0.39 is 16.3 Å². The van der Waals surface area contributed by atoms with Crippen LogP contribution in [0, 0.1) is 10.1 Å². The molecule has 0 fully saturated rings. The van der Waals surface area contributed by atoms with Crippen LogP contribution in [-0.2, 0) is 40.4 Å². The van der Waals surface area contributed by atoms with Gasteiger partial charge in [0.1, 0.15) is 24.4 Å². The van der Waals surface area contributed by atoms with Gasteiger partial charge in [-0.2, -0.15) is 0 Å². The normalized spacial score (nSPS) is 15.2. The molecule has 0 bridgehead atoms. The molecule has 5 rings (SSSR count). The number of hydrogen-bond acceptors (Lipinski definition) is 8. The molecule has 1 aliphatic carbocycles. The summed E-state index contributed by atoms with van der Waals surface area (Å²) in [5.74, 6) is 1.59. The summed E-state index contributed by atoms with van der Waals surface area (Å²) >= 11 is 6.22. The number of nitro groups is 1. The van der Waals surface area contributed by atoms with Gasteiger partial charge < -0.3 is 19.0 Å². The highest BCUT2D eigenvalue weighted by Crippen LogP contribution is 2.41. The lowest BCUT2D eigenvalue weighted by Crippen LogP contribution is -2.38. The van der Waals surface area contributed by atoms with Crippen molar-refractivity contribution >= 4 is 34.5 Å². The summed E-state index contributed by atoms with van der Waals surface area (Å²) in [5.41, 5.74) is 4.14. The summed E-state index contributed by atoms with van der Waals surface area (Å²) < 4.78 is 34.4. The highest BCUT2D eigenvalue weighted by Gasteiger charge is 2.38. The van der Waals surface area contributed by atoms with Crippen molar-refractivity contribution < 1.29 is 32.3 Å². The molecule has 46 heavy (non-hydrogen) atoms. The number of aryl methyl sites for hydroxylation is 1. The second-order valence-electron chi connectivity index (χ2n) is 10.9. The number of fused-ring (bicyclic) bond motifs is 1. The number of hydrogen-bond donors (Lipinski definition) is 2. The molecule has 1 aliphatic rings. The van der Waals surface area contributed by atoms with Gasteiger partial charge in [-0.1, -0.05) is 48.0 Å². The molecular formula is C34H35ClN2O8S. The molecule has 0 aromatic heterocycles. The Morgan fingerprint density at radius 2 is 1.52 bits per heavy atom. The van der Waals surface area contributed by atoms with Crippen LogP contribution in [0.3, 0.4) is 0 Å². The fourth-order valence-corrected chi connectivity index (χ4v) is 5.94. The molecule has 0 aliphatic heterocycles. The molecule has 0 saturated heterocycles. The summed E-state index contributed by atoms with van der Waals surface area (Å²) in [5, 5.41) is 17.3. The third-order valence-electron chi connectivity index (χ3n) is 8.00. The van der Waals surface area contributed by atoms with E-state index >= 15 is 0 Å². The Hall–Kier alpha value is -4.45. The summed E-state index contributed by atoms with van der Waals surface area (Å²) in [4.78, 5) is 24.8. The minimum atomic E-state index is -2.62. The van der Waals surface area contributed by atoms with E-state index in [-0.39, 0.29) is 23.0 Å². The summed E-state index contributed by atoms with van der Waals surface area (Å²) in [6.07, 6.45) is 3.93. The third-order valence-corrected chi connectivity index (χ3v) is 8.24. The molecule has 0 radical (unpaired) electrons. The van der Waals surface area contributed by atoms with Crippen molar-refractivity contribution in [2.24, 2.45) is 5.14 Å². The number of carbonyl (C=O) groups is 1. The standard InChI is InChI=1S/C34H32ClNO6.H3NO2S/c1-40-28-11-5-23(6-12-28)18-25-9-16-32(33(36(38)39)30(25)19-24-7-13-29(41-2)14-8-24)42-22-34(21-37)17-3-4-26-20-27(35)10-15-31(26)34;1-4(2)3/h5-16,20-21H,3-4,17-19,22H2,1-2H3;4H,(H2,1,2,3)/t34-;/m0./s1. The fourth-order valence-electron chi connectivity index (χ4n) is 5.74. The van der Waals surface area contributed by atoms with Gasteiger partial charge in [-0.25, -0.2) is 13.6 Å². The van der Waals surface area contributed by atoms with E-state index in [0.717, 1.165) is 52.7 Å². The van der Waals surface area contributed by atoms with Gasteiger partial charge in [-0.15, -0.1) is 0 Å². The van der Waals surface area contributed by atoms with Crippen molar-refractivity contribution in [1.29, 1.82) is 0 Å². The van der Waals surface area contributed by atoms with E-state index in [0.29, 0.717) is 35.6 Å². The maximum atomic E-state index is 12.7.